The Morgan fingerprint density at radius 2 is 2.20 bits per heavy atom. The van der Waals surface area contributed by atoms with Crippen molar-refractivity contribution in [2.24, 2.45) is 5.92 Å². The molecule has 0 atom stereocenters. The van der Waals surface area contributed by atoms with Crippen molar-refractivity contribution < 1.29 is 4.79 Å². The molecule has 1 aromatic heterocycles. The molecule has 3 rings (SSSR count). The van der Waals surface area contributed by atoms with E-state index in [-0.39, 0.29) is 5.91 Å². The second-order valence-electron chi connectivity index (χ2n) is 5.58. The summed E-state index contributed by atoms with van der Waals surface area (Å²) in [5.74, 6) is 0.981. The molecule has 0 aliphatic heterocycles. The number of hydrogen-bond acceptors (Lipinski definition) is 3. The first-order valence-electron chi connectivity index (χ1n) is 7.14. The SMILES string of the molecule is CN(Cc1csc2ccccc12)C(=O)CNCC1CC1. The van der Waals surface area contributed by atoms with Crippen molar-refractivity contribution in [2.75, 3.05) is 20.1 Å². The van der Waals surface area contributed by atoms with Gasteiger partial charge in [-0.3, -0.25) is 4.79 Å². The molecule has 1 heterocycles. The minimum atomic E-state index is 0.168. The Labute approximate surface area is 123 Å². The number of thiophene rings is 1. The Morgan fingerprint density at radius 3 is 3.00 bits per heavy atom. The molecule has 106 valence electrons. The predicted molar refractivity (Wildman–Crippen MR) is 83.9 cm³/mol. The third kappa shape index (κ3) is 3.19. The van der Waals surface area contributed by atoms with Gasteiger partial charge in [-0.1, -0.05) is 18.2 Å². The molecule has 3 nitrogen and oxygen atoms in total. The fourth-order valence-electron chi connectivity index (χ4n) is 2.34. The van der Waals surface area contributed by atoms with Crippen molar-refractivity contribution in [1.29, 1.82) is 0 Å². The number of nitrogens with zero attached hydrogens (tertiary/aromatic N) is 1. The van der Waals surface area contributed by atoms with Crippen LogP contribution in [0.15, 0.2) is 29.6 Å². The lowest BCUT2D eigenvalue weighted by molar-refractivity contribution is -0.129. The Bertz CT molecular complexity index is 603. The highest BCUT2D eigenvalue weighted by Gasteiger charge is 2.21. The Morgan fingerprint density at radius 1 is 1.40 bits per heavy atom. The first-order chi connectivity index (χ1) is 9.74. The van der Waals surface area contributed by atoms with E-state index in [9.17, 15) is 4.79 Å². The van der Waals surface area contributed by atoms with Crippen molar-refractivity contribution in [3.8, 4) is 0 Å². The van der Waals surface area contributed by atoms with Gasteiger partial charge in [0.15, 0.2) is 0 Å². The van der Waals surface area contributed by atoms with Crippen LogP contribution in [0.25, 0.3) is 10.1 Å². The maximum atomic E-state index is 12.1. The normalized spacial score (nSPS) is 14.7. The molecule has 0 spiro atoms. The predicted octanol–water partition coefficient (Wildman–Crippen LogP) is 2.86. The Kier molecular flexibility index (Phi) is 4.03. The van der Waals surface area contributed by atoms with Crippen LogP contribution in [-0.2, 0) is 11.3 Å². The van der Waals surface area contributed by atoms with Crippen molar-refractivity contribution in [3.05, 3.63) is 35.2 Å². The van der Waals surface area contributed by atoms with Crippen LogP contribution >= 0.6 is 11.3 Å². The summed E-state index contributed by atoms with van der Waals surface area (Å²) in [6.07, 6.45) is 2.63. The fourth-order valence-corrected chi connectivity index (χ4v) is 3.29. The lowest BCUT2D eigenvalue weighted by Gasteiger charge is -2.17. The zero-order chi connectivity index (χ0) is 13.9. The second kappa shape index (κ2) is 5.94. The van der Waals surface area contributed by atoms with Gasteiger partial charge in [0.2, 0.25) is 5.91 Å². The number of likely N-dealkylation sites (N-methyl/N-ethyl adjacent to an activating group) is 1. The summed E-state index contributed by atoms with van der Waals surface area (Å²) in [5, 5.41) is 6.68. The molecule has 1 amide bonds. The number of hydrogen-bond donors (Lipinski definition) is 1. The number of nitrogens with one attached hydrogen (secondary N) is 1. The molecular formula is C16H20N2OS. The molecule has 2 aromatic rings. The van der Waals surface area contributed by atoms with Gasteiger partial charge in [0, 0.05) is 18.3 Å². The van der Waals surface area contributed by atoms with E-state index in [1.807, 2.05) is 11.9 Å². The van der Waals surface area contributed by atoms with Crippen LogP contribution in [0.3, 0.4) is 0 Å². The monoisotopic (exact) mass is 288 g/mol. The lowest BCUT2D eigenvalue weighted by Crippen LogP contribution is -2.35. The minimum absolute atomic E-state index is 0.168. The second-order valence-corrected chi connectivity index (χ2v) is 6.49. The summed E-state index contributed by atoms with van der Waals surface area (Å²) >= 11 is 1.74. The van der Waals surface area contributed by atoms with Crippen LogP contribution in [0.2, 0.25) is 0 Å². The van der Waals surface area contributed by atoms with Gasteiger partial charge in [-0.15, -0.1) is 11.3 Å². The zero-order valence-corrected chi connectivity index (χ0v) is 12.6. The Hall–Kier alpha value is -1.39. The molecule has 1 aliphatic rings. The average molecular weight is 288 g/mol. The largest absolute Gasteiger partial charge is 0.340 e. The van der Waals surface area contributed by atoms with E-state index in [0.29, 0.717) is 13.1 Å². The smallest absolute Gasteiger partial charge is 0.236 e. The average Bonchev–Trinajstić information content (AvgIpc) is 3.20. The third-order valence-corrected chi connectivity index (χ3v) is 4.81. The molecule has 1 saturated carbocycles. The molecule has 0 saturated heterocycles. The first kappa shape index (κ1) is 13.6. The van der Waals surface area contributed by atoms with Gasteiger partial charge in [0.25, 0.3) is 0 Å². The van der Waals surface area contributed by atoms with Crippen LogP contribution < -0.4 is 5.32 Å². The van der Waals surface area contributed by atoms with E-state index < -0.39 is 0 Å². The number of amides is 1. The van der Waals surface area contributed by atoms with Gasteiger partial charge in [0.1, 0.15) is 0 Å². The van der Waals surface area contributed by atoms with Crippen LogP contribution in [-0.4, -0.2) is 30.9 Å². The molecule has 20 heavy (non-hydrogen) atoms. The summed E-state index contributed by atoms with van der Waals surface area (Å²) in [4.78, 5) is 13.9. The van der Waals surface area contributed by atoms with E-state index in [1.165, 1.54) is 28.5 Å². The molecular weight excluding hydrogens is 268 g/mol. The number of carbonyl (C=O) groups excluding carboxylic acids is 1. The first-order valence-corrected chi connectivity index (χ1v) is 8.02. The molecule has 1 N–H and O–H groups in total. The van der Waals surface area contributed by atoms with Gasteiger partial charge in [-0.05, 0) is 47.7 Å². The molecule has 0 radical (unpaired) electrons. The minimum Gasteiger partial charge on any atom is -0.340 e. The van der Waals surface area contributed by atoms with Crippen molar-refractivity contribution in [3.63, 3.8) is 0 Å². The van der Waals surface area contributed by atoms with Gasteiger partial charge >= 0.3 is 0 Å². The third-order valence-electron chi connectivity index (χ3n) is 3.80. The highest BCUT2D eigenvalue weighted by Crippen LogP contribution is 2.27. The van der Waals surface area contributed by atoms with E-state index >= 15 is 0 Å². The van der Waals surface area contributed by atoms with Crippen LogP contribution in [0, 0.1) is 5.92 Å². The number of carbonyl (C=O) groups is 1. The maximum absolute atomic E-state index is 12.1. The summed E-state index contributed by atoms with van der Waals surface area (Å²) in [6, 6.07) is 8.37. The van der Waals surface area contributed by atoms with E-state index in [0.717, 1.165) is 12.5 Å². The molecule has 1 aliphatic carbocycles. The van der Waals surface area contributed by atoms with Crippen molar-refractivity contribution in [2.45, 2.75) is 19.4 Å². The molecule has 1 aromatic carbocycles. The van der Waals surface area contributed by atoms with Gasteiger partial charge in [0.05, 0.1) is 6.54 Å². The van der Waals surface area contributed by atoms with Crippen molar-refractivity contribution >= 4 is 27.3 Å². The van der Waals surface area contributed by atoms with E-state index in [2.05, 4.69) is 35.0 Å². The molecule has 1 fully saturated rings. The highest BCUT2D eigenvalue weighted by atomic mass is 32.1. The number of rotatable bonds is 6. The molecule has 0 bridgehead atoms. The molecule has 0 unspecified atom stereocenters. The van der Waals surface area contributed by atoms with Crippen LogP contribution in [0.1, 0.15) is 18.4 Å². The maximum Gasteiger partial charge on any atom is 0.236 e. The topological polar surface area (TPSA) is 32.3 Å². The highest BCUT2D eigenvalue weighted by molar-refractivity contribution is 7.17. The fraction of sp³-hybridized carbons (Fsp3) is 0.438. The van der Waals surface area contributed by atoms with Gasteiger partial charge in [-0.25, -0.2) is 0 Å². The zero-order valence-electron chi connectivity index (χ0n) is 11.8. The van der Waals surface area contributed by atoms with Crippen molar-refractivity contribution in [1.82, 2.24) is 10.2 Å². The Balaban J connectivity index is 1.56. The summed E-state index contributed by atoms with van der Waals surface area (Å²) in [5.41, 5.74) is 1.24. The standard InChI is InChI=1S/C16H20N2OS/c1-18(16(19)9-17-8-12-6-7-12)10-13-11-20-15-5-3-2-4-14(13)15/h2-5,11-12,17H,6-10H2,1H3. The van der Waals surface area contributed by atoms with Crippen LogP contribution in [0.4, 0.5) is 0 Å². The van der Waals surface area contributed by atoms with E-state index in [4.69, 9.17) is 0 Å². The van der Waals surface area contributed by atoms with Gasteiger partial charge < -0.3 is 10.2 Å². The summed E-state index contributed by atoms with van der Waals surface area (Å²) < 4.78 is 1.29. The van der Waals surface area contributed by atoms with Gasteiger partial charge in [-0.2, -0.15) is 0 Å². The number of fused-ring (bicyclic) bond motifs is 1. The summed E-state index contributed by atoms with van der Waals surface area (Å²) in [7, 11) is 1.88. The molecule has 4 heteroatoms. The summed E-state index contributed by atoms with van der Waals surface area (Å²) in [6.45, 7) is 2.13. The van der Waals surface area contributed by atoms with E-state index in [1.54, 1.807) is 11.3 Å². The van der Waals surface area contributed by atoms with Crippen LogP contribution in [0.5, 0.6) is 0 Å². The quantitative estimate of drug-likeness (QED) is 0.886. The lowest BCUT2D eigenvalue weighted by atomic mass is 10.2. The number of benzene rings is 1.